The lowest BCUT2D eigenvalue weighted by atomic mass is 10.0. The number of halogens is 1. The summed E-state index contributed by atoms with van der Waals surface area (Å²) in [6.45, 7) is 2.13. The Morgan fingerprint density at radius 1 is 0.879 bits per heavy atom. The highest BCUT2D eigenvalue weighted by Crippen LogP contribution is 2.18. The van der Waals surface area contributed by atoms with Crippen molar-refractivity contribution in [1.29, 1.82) is 0 Å². The molecule has 1 N–H and O–H groups in total. The van der Waals surface area contributed by atoms with Gasteiger partial charge in [-0.1, -0.05) is 79.7 Å². The molecule has 2 amide bonds. The first-order chi connectivity index (χ1) is 16.0. The molecule has 0 saturated heterocycles. The molecular formula is C28H31FN2O2. The smallest absolute Gasteiger partial charge is 0.242 e. The molecular weight excluding hydrogens is 415 g/mol. The van der Waals surface area contributed by atoms with E-state index in [1.165, 1.54) is 16.5 Å². The van der Waals surface area contributed by atoms with Crippen molar-refractivity contribution in [2.75, 3.05) is 7.05 Å². The largest absolute Gasteiger partial charge is 0.357 e. The third-order valence-corrected chi connectivity index (χ3v) is 5.87. The number of hydrogen-bond donors (Lipinski definition) is 1. The summed E-state index contributed by atoms with van der Waals surface area (Å²) in [5.74, 6) is -0.834. The molecule has 4 nitrogen and oxygen atoms in total. The molecule has 0 radical (unpaired) electrons. The van der Waals surface area contributed by atoms with Crippen LogP contribution in [-0.2, 0) is 35.4 Å². The van der Waals surface area contributed by atoms with E-state index in [-0.39, 0.29) is 30.6 Å². The fourth-order valence-corrected chi connectivity index (χ4v) is 3.87. The Morgan fingerprint density at radius 3 is 2.15 bits per heavy atom. The van der Waals surface area contributed by atoms with Gasteiger partial charge in [0.25, 0.3) is 0 Å². The van der Waals surface area contributed by atoms with Crippen LogP contribution < -0.4 is 5.32 Å². The van der Waals surface area contributed by atoms with E-state index in [9.17, 15) is 14.0 Å². The van der Waals surface area contributed by atoms with Crippen LogP contribution in [0.3, 0.4) is 0 Å². The highest BCUT2D eigenvalue weighted by molar-refractivity contribution is 5.88. The second-order valence-electron chi connectivity index (χ2n) is 8.10. The molecule has 5 heteroatoms. The predicted molar refractivity (Wildman–Crippen MR) is 129 cm³/mol. The topological polar surface area (TPSA) is 49.4 Å². The molecule has 0 heterocycles. The fourth-order valence-electron chi connectivity index (χ4n) is 3.87. The van der Waals surface area contributed by atoms with Crippen LogP contribution in [0.15, 0.2) is 78.9 Å². The molecule has 0 aliphatic carbocycles. The summed E-state index contributed by atoms with van der Waals surface area (Å²) in [6, 6.07) is 23.4. The van der Waals surface area contributed by atoms with Crippen molar-refractivity contribution in [2.24, 2.45) is 0 Å². The average Bonchev–Trinajstić information content (AvgIpc) is 2.86. The maximum absolute atomic E-state index is 14.5. The van der Waals surface area contributed by atoms with Crippen molar-refractivity contribution in [3.8, 4) is 0 Å². The number of likely N-dealkylation sites (N-methyl/N-ethyl adjacent to an activating group) is 1. The Bertz CT molecular complexity index is 1050. The Kier molecular flexibility index (Phi) is 8.76. The van der Waals surface area contributed by atoms with Crippen molar-refractivity contribution < 1.29 is 14.0 Å². The summed E-state index contributed by atoms with van der Waals surface area (Å²) in [5, 5.41) is 2.68. The van der Waals surface area contributed by atoms with Crippen molar-refractivity contribution in [3.05, 3.63) is 107 Å². The van der Waals surface area contributed by atoms with Gasteiger partial charge in [-0.15, -0.1) is 0 Å². The molecule has 3 rings (SSSR count). The van der Waals surface area contributed by atoms with E-state index >= 15 is 0 Å². The van der Waals surface area contributed by atoms with Crippen LogP contribution in [0, 0.1) is 5.82 Å². The van der Waals surface area contributed by atoms with E-state index in [0.717, 1.165) is 17.5 Å². The van der Waals surface area contributed by atoms with Gasteiger partial charge >= 0.3 is 0 Å². The van der Waals surface area contributed by atoms with Gasteiger partial charge in [-0.05, 0) is 35.6 Å². The van der Waals surface area contributed by atoms with Crippen LogP contribution in [0.5, 0.6) is 0 Å². The number of nitrogens with zero attached hydrogens (tertiary/aromatic N) is 1. The third kappa shape index (κ3) is 6.75. The average molecular weight is 447 g/mol. The number of rotatable bonds is 10. The molecule has 1 atom stereocenters. The molecule has 0 spiro atoms. The zero-order valence-corrected chi connectivity index (χ0v) is 19.3. The third-order valence-electron chi connectivity index (χ3n) is 5.87. The standard InChI is InChI=1S/C28H31FN2O2/c1-3-21-13-15-22(16-14-21)17-18-27(32)31(20-24-11-7-8-12-25(24)29)26(28(33)30-2)19-23-9-5-4-6-10-23/h4-16,26H,3,17-20H2,1-2H3,(H,30,33)/t26-/m1/s1. The number of nitrogens with one attached hydrogen (secondary N) is 1. The van der Waals surface area contributed by atoms with Crippen LogP contribution in [-0.4, -0.2) is 29.8 Å². The maximum Gasteiger partial charge on any atom is 0.242 e. The summed E-state index contributed by atoms with van der Waals surface area (Å²) in [6.07, 6.45) is 2.11. The van der Waals surface area contributed by atoms with E-state index in [2.05, 4.69) is 24.4 Å². The van der Waals surface area contributed by atoms with E-state index in [1.54, 1.807) is 25.2 Å². The highest BCUT2D eigenvalue weighted by Gasteiger charge is 2.30. The Morgan fingerprint density at radius 2 is 1.52 bits per heavy atom. The number of amides is 2. The van der Waals surface area contributed by atoms with Gasteiger partial charge in [0, 0.05) is 32.0 Å². The molecule has 172 valence electrons. The highest BCUT2D eigenvalue weighted by atomic mass is 19.1. The quantitative estimate of drug-likeness (QED) is 0.491. The van der Waals surface area contributed by atoms with Gasteiger partial charge in [-0.25, -0.2) is 4.39 Å². The molecule has 0 saturated carbocycles. The normalized spacial score (nSPS) is 11.6. The van der Waals surface area contributed by atoms with Crippen LogP contribution in [0.25, 0.3) is 0 Å². The zero-order valence-electron chi connectivity index (χ0n) is 19.3. The minimum Gasteiger partial charge on any atom is -0.357 e. The van der Waals surface area contributed by atoms with Crippen molar-refractivity contribution in [1.82, 2.24) is 10.2 Å². The summed E-state index contributed by atoms with van der Waals surface area (Å²) in [5.41, 5.74) is 3.63. The molecule has 0 aliphatic heterocycles. The molecule has 0 aromatic heterocycles. The van der Waals surface area contributed by atoms with Gasteiger partial charge in [0.2, 0.25) is 11.8 Å². The first-order valence-electron chi connectivity index (χ1n) is 11.4. The van der Waals surface area contributed by atoms with Crippen LogP contribution in [0.4, 0.5) is 4.39 Å². The molecule has 3 aromatic rings. The predicted octanol–water partition coefficient (Wildman–Crippen LogP) is 4.71. The minimum atomic E-state index is -0.744. The van der Waals surface area contributed by atoms with Gasteiger partial charge in [-0.3, -0.25) is 9.59 Å². The lowest BCUT2D eigenvalue weighted by Gasteiger charge is -2.31. The summed E-state index contributed by atoms with van der Waals surface area (Å²) in [4.78, 5) is 27.8. The molecule has 0 fully saturated rings. The van der Waals surface area contributed by atoms with Gasteiger partial charge < -0.3 is 10.2 Å². The lowest BCUT2D eigenvalue weighted by Crippen LogP contribution is -2.49. The number of carbonyl (C=O) groups is 2. The molecule has 3 aromatic carbocycles. The van der Waals surface area contributed by atoms with Gasteiger partial charge in [-0.2, -0.15) is 0 Å². The Hall–Kier alpha value is -3.47. The van der Waals surface area contributed by atoms with Crippen LogP contribution in [0.1, 0.15) is 35.6 Å². The Balaban J connectivity index is 1.86. The second kappa shape index (κ2) is 12.0. The van der Waals surface area contributed by atoms with Gasteiger partial charge in [0.1, 0.15) is 11.9 Å². The first kappa shape index (κ1) is 24.2. The molecule has 33 heavy (non-hydrogen) atoms. The maximum atomic E-state index is 14.5. The SMILES string of the molecule is CCc1ccc(CCC(=O)N(Cc2ccccc2F)[C@H](Cc2ccccc2)C(=O)NC)cc1. The monoisotopic (exact) mass is 446 g/mol. The summed E-state index contributed by atoms with van der Waals surface area (Å²) < 4.78 is 14.5. The minimum absolute atomic E-state index is 0.0329. The molecule has 0 bridgehead atoms. The second-order valence-corrected chi connectivity index (χ2v) is 8.10. The first-order valence-corrected chi connectivity index (χ1v) is 11.4. The van der Waals surface area contributed by atoms with E-state index in [0.29, 0.717) is 18.4 Å². The summed E-state index contributed by atoms with van der Waals surface area (Å²) >= 11 is 0. The van der Waals surface area contributed by atoms with Crippen molar-refractivity contribution >= 4 is 11.8 Å². The van der Waals surface area contributed by atoms with E-state index in [1.807, 2.05) is 42.5 Å². The number of aryl methyl sites for hydroxylation is 2. The molecule has 0 aliphatic rings. The molecule has 0 unspecified atom stereocenters. The number of hydrogen-bond acceptors (Lipinski definition) is 2. The van der Waals surface area contributed by atoms with Crippen LogP contribution in [0.2, 0.25) is 0 Å². The van der Waals surface area contributed by atoms with Crippen molar-refractivity contribution in [3.63, 3.8) is 0 Å². The van der Waals surface area contributed by atoms with Gasteiger partial charge in [0.15, 0.2) is 0 Å². The number of benzene rings is 3. The Labute approximate surface area is 195 Å². The summed E-state index contributed by atoms with van der Waals surface area (Å²) in [7, 11) is 1.56. The number of carbonyl (C=O) groups excluding carboxylic acids is 2. The van der Waals surface area contributed by atoms with Gasteiger partial charge in [0.05, 0.1) is 0 Å². The van der Waals surface area contributed by atoms with E-state index in [4.69, 9.17) is 0 Å². The van der Waals surface area contributed by atoms with E-state index < -0.39 is 6.04 Å². The van der Waals surface area contributed by atoms with Crippen LogP contribution >= 0.6 is 0 Å². The fraction of sp³-hybridized carbons (Fsp3) is 0.286. The van der Waals surface area contributed by atoms with Crippen molar-refractivity contribution in [2.45, 2.75) is 45.2 Å². The lowest BCUT2D eigenvalue weighted by molar-refractivity contribution is -0.141. The zero-order chi connectivity index (χ0) is 23.6.